The number of carbonyl (C=O) groups is 1. The van der Waals surface area contributed by atoms with Gasteiger partial charge in [0.2, 0.25) is 5.91 Å². The number of hydrogen-bond acceptors (Lipinski definition) is 3. The Labute approximate surface area is 136 Å². The molecule has 4 N–H and O–H groups in total. The second-order valence-corrected chi connectivity index (χ2v) is 6.99. The molecule has 0 aromatic heterocycles. The lowest BCUT2D eigenvalue weighted by Crippen LogP contribution is -2.54. The molecule has 5 heteroatoms. The van der Waals surface area contributed by atoms with Gasteiger partial charge in [-0.2, -0.15) is 0 Å². The molecule has 130 valence electrons. The van der Waals surface area contributed by atoms with Crippen molar-refractivity contribution in [2.75, 3.05) is 33.2 Å². The lowest BCUT2D eigenvalue weighted by atomic mass is 9.94. The number of likely N-dealkylation sites (N-methyl/N-ethyl adjacent to an activating group) is 1. The molecule has 1 unspecified atom stereocenters. The van der Waals surface area contributed by atoms with Crippen molar-refractivity contribution in [2.24, 2.45) is 5.73 Å². The molecule has 0 aliphatic heterocycles. The highest BCUT2D eigenvalue weighted by Gasteiger charge is 2.28. The maximum Gasteiger partial charge on any atom is 0.240 e. The van der Waals surface area contributed by atoms with Crippen LogP contribution in [0, 0.1) is 5.41 Å². The molecule has 0 fully saturated rings. The number of nitrogens with zero attached hydrogens (tertiary/aromatic N) is 1. The number of unbranched alkanes of at least 4 members (excludes halogenated alkanes) is 2. The summed E-state index contributed by atoms with van der Waals surface area (Å²) in [5, 5.41) is 10.4. The van der Waals surface area contributed by atoms with E-state index in [0.717, 1.165) is 55.5 Å². The molecule has 0 spiro atoms. The first-order valence-corrected chi connectivity index (χ1v) is 8.61. The third-order valence-electron chi connectivity index (χ3n) is 4.73. The van der Waals surface area contributed by atoms with Gasteiger partial charge in [0.25, 0.3) is 0 Å². The predicted molar refractivity (Wildman–Crippen MR) is 94.2 cm³/mol. The van der Waals surface area contributed by atoms with Crippen LogP contribution in [0.4, 0.5) is 0 Å². The molecule has 0 aliphatic rings. The summed E-state index contributed by atoms with van der Waals surface area (Å²) in [4.78, 5) is 12.2. The molecule has 0 aromatic carbocycles. The molecule has 0 radical (unpaired) electrons. The second-order valence-electron chi connectivity index (χ2n) is 6.99. The number of nitrogens with one attached hydrogen (secondary N) is 2. The van der Waals surface area contributed by atoms with Crippen LogP contribution in [0.2, 0.25) is 0 Å². The van der Waals surface area contributed by atoms with Gasteiger partial charge >= 0.3 is 0 Å². The van der Waals surface area contributed by atoms with Crippen molar-refractivity contribution in [3.8, 4) is 0 Å². The Morgan fingerprint density at radius 3 is 2.32 bits per heavy atom. The molecule has 0 saturated heterocycles. The topological polar surface area (TPSA) is 79.0 Å². The van der Waals surface area contributed by atoms with Crippen molar-refractivity contribution < 1.29 is 9.28 Å². The van der Waals surface area contributed by atoms with Crippen molar-refractivity contribution in [3.05, 3.63) is 0 Å². The zero-order valence-electron chi connectivity index (χ0n) is 15.3. The van der Waals surface area contributed by atoms with Crippen LogP contribution in [0.25, 0.3) is 0 Å². The Morgan fingerprint density at radius 2 is 1.82 bits per heavy atom. The van der Waals surface area contributed by atoms with E-state index in [1.165, 1.54) is 0 Å². The van der Waals surface area contributed by atoms with Crippen LogP contribution >= 0.6 is 0 Å². The second kappa shape index (κ2) is 9.95. The van der Waals surface area contributed by atoms with Crippen LogP contribution in [0.15, 0.2) is 0 Å². The normalized spacial score (nSPS) is 14.5. The summed E-state index contributed by atoms with van der Waals surface area (Å²) >= 11 is 0. The first-order chi connectivity index (χ1) is 10.2. The fourth-order valence-electron chi connectivity index (χ4n) is 2.35. The van der Waals surface area contributed by atoms with Gasteiger partial charge in [0, 0.05) is 5.71 Å². The lowest BCUT2D eigenvalue weighted by molar-refractivity contribution is -0.904. The lowest BCUT2D eigenvalue weighted by Gasteiger charge is -2.32. The van der Waals surface area contributed by atoms with E-state index in [2.05, 4.69) is 26.2 Å². The zero-order valence-corrected chi connectivity index (χ0v) is 15.3. The Balaban J connectivity index is 4.04. The number of amides is 1. The maximum atomic E-state index is 12.2. The molecule has 0 heterocycles. The minimum absolute atomic E-state index is 0.0468. The Kier molecular flexibility index (Phi) is 9.53. The number of rotatable bonds is 12. The van der Waals surface area contributed by atoms with Crippen LogP contribution in [-0.4, -0.2) is 54.9 Å². The fourth-order valence-corrected chi connectivity index (χ4v) is 2.35. The van der Waals surface area contributed by atoms with Crippen LogP contribution in [0.1, 0.15) is 59.8 Å². The van der Waals surface area contributed by atoms with Gasteiger partial charge in [-0.15, -0.1) is 0 Å². The molecular formula is C17H37N4O+. The summed E-state index contributed by atoms with van der Waals surface area (Å²) in [6.45, 7) is 11.8. The minimum atomic E-state index is -0.790. The van der Waals surface area contributed by atoms with Crippen LogP contribution < -0.4 is 11.1 Å². The number of carbonyl (C=O) groups excluding carboxylic acids is 1. The maximum absolute atomic E-state index is 12.2. The van der Waals surface area contributed by atoms with Crippen LogP contribution in [0.5, 0.6) is 0 Å². The van der Waals surface area contributed by atoms with Crippen molar-refractivity contribution in [1.29, 1.82) is 5.41 Å². The van der Waals surface area contributed by atoms with Crippen molar-refractivity contribution >= 4 is 11.6 Å². The van der Waals surface area contributed by atoms with Crippen LogP contribution in [-0.2, 0) is 4.79 Å². The molecule has 0 saturated carbocycles. The highest BCUT2D eigenvalue weighted by Crippen LogP contribution is 2.13. The first-order valence-electron chi connectivity index (χ1n) is 8.61. The standard InChI is InChI=1S/C17H36N4O/c1-6-21(5,7-2)14-13-20-16(22)17(4,19)12-10-8-9-11-15(3)18/h18H,6-14,19H2,1-5H3/p+1. The number of hydrogen-bond donors (Lipinski definition) is 3. The quantitative estimate of drug-likeness (QED) is 0.294. The zero-order chi connectivity index (χ0) is 17.2. The summed E-state index contributed by atoms with van der Waals surface area (Å²) in [6.07, 6.45) is 4.51. The monoisotopic (exact) mass is 313 g/mol. The highest BCUT2D eigenvalue weighted by atomic mass is 16.2. The molecule has 22 heavy (non-hydrogen) atoms. The Morgan fingerprint density at radius 1 is 1.23 bits per heavy atom. The Hall–Kier alpha value is -0.940. The van der Waals surface area contributed by atoms with Crippen molar-refractivity contribution in [1.82, 2.24) is 5.32 Å². The van der Waals surface area contributed by atoms with E-state index in [0.29, 0.717) is 13.0 Å². The van der Waals surface area contributed by atoms with Gasteiger partial charge in [-0.25, -0.2) is 0 Å². The first kappa shape index (κ1) is 21.1. The SMILES string of the molecule is CC[N+](C)(CC)CCNC(=O)C(C)(N)CCCCCC(C)=N. The highest BCUT2D eigenvalue weighted by molar-refractivity contribution is 5.85. The molecule has 5 nitrogen and oxygen atoms in total. The van der Waals surface area contributed by atoms with E-state index in [9.17, 15) is 4.79 Å². The molecule has 1 amide bonds. The van der Waals surface area contributed by atoms with Gasteiger partial charge in [0.1, 0.15) is 0 Å². The van der Waals surface area contributed by atoms with Gasteiger partial charge < -0.3 is 20.9 Å². The van der Waals surface area contributed by atoms with Gasteiger partial charge in [0.15, 0.2) is 0 Å². The molecule has 0 rings (SSSR count). The Bertz CT molecular complexity index is 349. The molecule has 1 atom stereocenters. The summed E-state index contributed by atoms with van der Waals surface area (Å²) in [5.41, 5.74) is 6.09. The largest absolute Gasteiger partial charge is 0.349 e. The van der Waals surface area contributed by atoms with E-state index in [4.69, 9.17) is 11.1 Å². The molecule has 0 aromatic rings. The van der Waals surface area contributed by atoms with E-state index in [1.807, 2.05) is 13.8 Å². The smallest absolute Gasteiger partial charge is 0.240 e. The molecular weight excluding hydrogens is 276 g/mol. The predicted octanol–water partition coefficient (Wildman–Crippen LogP) is 2.30. The van der Waals surface area contributed by atoms with E-state index < -0.39 is 5.54 Å². The summed E-state index contributed by atoms with van der Waals surface area (Å²) in [5.74, 6) is -0.0468. The third kappa shape index (κ3) is 8.49. The van der Waals surface area contributed by atoms with Gasteiger partial charge in [-0.1, -0.05) is 12.8 Å². The van der Waals surface area contributed by atoms with Crippen LogP contribution in [0.3, 0.4) is 0 Å². The number of nitrogens with two attached hydrogens (primary N) is 1. The minimum Gasteiger partial charge on any atom is -0.349 e. The summed E-state index contributed by atoms with van der Waals surface area (Å²) in [6, 6.07) is 0. The fraction of sp³-hybridized carbons (Fsp3) is 0.882. The van der Waals surface area contributed by atoms with Gasteiger partial charge in [0.05, 0.1) is 38.8 Å². The van der Waals surface area contributed by atoms with Gasteiger partial charge in [-0.05, 0) is 47.0 Å². The van der Waals surface area contributed by atoms with Crippen molar-refractivity contribution in [3.63, 3.8) is 0 Å². The van der Waals surface area contributed by atoms with Gasteiger partial charge in [-0.3, -0.25) is 4.79 Å². The summed E-state index contributed by atoms with van der Waals surface area (Å²) in [7, 11) is 2.21. The van der Waals surface area contributed by atoms with E-state index >= 15 is 0 Å². The summed E-state index contributed by atoms with van der Waals surface area (Å²) < 4.78 is 0.963. The average Bonchev–Trinajstić information content (AvgIpc) is 2.46. The average molecular weight is 314 g/mol. The van der Waals surface area contributed by atoms with E-state index in [1.54, 1.807) is 0 Å². The van der Waals surface area contributed by atoms with E-state index in [-0.39, 0.29) is 5.91 Å². The third-order valence-corrected chi connectivity index (χ3v) is 4.73. The number of quaternary nitrogens is 1. The molecule has 0 aliphatic carbocycles. The van der Waals surface area contributed by atoms with Crippen molar-refractivity contribution in [2.45, 2.75) is 65.3 Å². The molecule has 0 bridgehead atoms.